The van der Waals surface area contributed by atoms with Gasteiger partial charge < -0.3 is 10.1 Å². The van der Waals surface area contributed by atoms with E-state index in [9.17, 15) is 0 Å². The van der Waals surface area contributed by atoms with E-state index in [2.05, 4.69) is 30.4 Å². The van der Waals surface area contributed by atoms with Crippen LogP contribution >= 0.6 is 0 Å². The number of aryl methyl sites for hydroxylation is 1. The van der Waals surface area contributed by atoms with Gasteiger partial charge in [0.2, 0.25) is 0 Å². The molecular weight excluding hydrogens is 284 g/mol. The van der Waals surface area contributed by atoms with Gasteiger partial charge in [0.25, 0.3) is 0 Å². The van der Waals surface area contributed by atoms with Gasteiger partial charge in [0.15, 0.2) is 0 Å². The number of pyridine rings is 1. The van der Waals surface area contributed by atoms with Crippen molar-refractivity contribution < 1.29 is 4.74 Å². The lowest BCUT2D eigenvalue weighted by molar-refractivity contribution is 0.457. The van der Waals surface area contributed by atoms with Gasteiger partial charge in [-0.1, -0.05) is 43.3 Å². The van der Waals surface area contributed by atoms with Gasteiger partial charge >= 0.3 is 0 Å². The predicted molar refractivity (Wildman–Crippen MR) is 93.7 cm³/mol. The van der Waals surface area contributed by atoms with Crippen molar-refractivity contribution in [2.24, 2.45) is 0 Å². The molecular formula is C20H18N2O. The molecule has 23 heavy (non-hydrogen) atoms. The minimum atomic E-state index is 0.0684. The van der Waals surface area contributed by atoms with Gasteiger partial charge in [0, 0.05) is 10.9 Å². The zero-order valence-electron chi connectivity index (χ0n) is 13.0. The van der Waals surface area contributed by atoms with E-state index in [1.165, 1.54) is 10.9 Å². The molecule has 1 unspecified atom stereocenters. The van der Waals surface area contributed by atoms with Crippen molar-refractivity contribution in [3.8, 4) is 5.75 Å². The highest BCUT2D eigenvalue weighted by Gasteiger charge is 2.18. The lowest BCUT2D eigenvalue weighted by Crippen LogP contribution is -2.14. The summed E-state index contributed by atoms with van der Waals surface area (Å²) in [5, 5.41) is 4.75. The maximum Gasteiger partial charge on any atom is 0.132 e. The zero-order chi connectivity index (χ0) is 15.6. The van der Waals surface area contributed by atoms with Crippen molar-refractivity contribution in [2.45, 2.75) is 19.4 Å². The van der Waals surface area contributed by atoms with Crippen molar-refractivity contribution in [2.75, 3.05) is 5.32 Å². The molecule has 2 aromatic carbocycles. The second kappa shape index (κ2) is 5.76. The third kappa shape index (κ3) is 2.55. The Labute approximate surface area is 135 Å². The molecule has 0 radical (unpaired) electrons. The summed E-state index contributed by atoms with van der Waals surface area (Å²) in [7, 11) is 0. The van der Waals surface area contributed by atoms with E-state index in [-0.39, 0.29) is 6.04 Å². The monoisotopic (exact) mass is 302 g/mol. The number of fused-ring (bicyclic) bond motifs is 2. The highest BCUT2D eigenvalue weighted by Crippen LogP contribution is 2.33. The lowest BCUT2D eigenvalue weighted by Gasteiger charge is -2.23. The van der Waals surface area contributed by atoms with Gasteiger partial charge in [-0.3, -0.25) is 0 Å². The van der Waals surface area contributed by atoms with Gasteiger partial charge in [-0.2, -0.15) is 0 Å². The number of rotatable bonds is 3. The van der Waals surface area contributed by atoms with E-state index in [1.54, 1.807) is 6.26 Å². The normalized spacial score (nSPS) is 16.0. The van der Waals surface area contributed by atoms with Crippen LogP contribution in [0.3, 0.4) is 0 Å². The number of hydrogen-bond donors (Lipinski definition) is 1. The van der Waals surface area contributed by atoms with Gasteiger partial charge in [-0.25, -0.2) is 4.98 Å². The molecule has 0 fully saturated rings. The van der Waals surface area contributed by atoms with Crippen molar-refractivity contribution in [1.82, 2.24) is 4.98 Å². The Hall–Kier alpha value is -2.81. The summed E-state index contributed by atoms with van der Waals surface area (Å²) in [6.07, 6.45) is 4.71. The molecule has 3 nitrogen and oxygen atoms in total. The number of nitrogens with zero attached hydrogens (tertiary/aromatic N) is 1. The van der Waals surface area contributed by atoms with Crippen molar-refractivity contribution in [3.05, 3.63) is 78.1 Å². The molecule has 1 N–H and O–H groups in total. The molecule has 0 saturated carbocycles. The predicted octanol–water partition coefficient (Wildman–Crippen LogP) is 4.86. The van der Waals surface area contributed by atoms with Crippen molar-refractivity contribution >= 4 is 16.7 Å². The maximum absolute atomic E-state index is 5.58. The van der Waals surface area contributed by atoms with Crippen molar-refractivity contribution in [1.29, 1.82) is 0 Å². The number of benzene rings is 2. The van der Waals surface area contributed by atoms with E-state index in [0.29, 0.717) is 0 Å². The Morgan fingerprint density at radius 2 is 1.91 bits per heavy atom. The molecule has 1 aliphatic rings. The fourth-order valence-corrected chi connectivity index (χ4v) is 2.97. The molecule has 1 atom stereocenters. The number of hydrogen-bond acceptors (Lipinski definition) is 3. The lowest BCUT2D eigenvalue weighted by atomic mass is 10.0. The molecule has 1 aromatic heterocycles. The second-order valence-corrected chi connectivity index (χ2v) is 5.65. The van der Waals surface area contributed by atoms with Crippen LogP contribution in [0.4, 0.5) is 5.82 Å². The number of nitrogens with one attached hydrogen (secondary N) is 1. The molecule has 0 bridgehead atoms. The van der Waals surface area contributed by atoms with E-state index < -0.39 is 0 Å². The van der Waals surface area contributed by atoms with Crippen LogP contribution in [0, 0.1) is 0 Å². The molecule has 0 spiro atoms. The van der Waals surface area contributed by atoms with E-state index >= 15 is 0 Å². The van der Waals surface area contributed by atoms with E-state index in [1.807, 2.05) is 42.5 Å². The molecule has 0 amide bonds. The minimum Gasteiger partial charge on any atom is -0.465 e. The van der Waals surface area contributed by atoms with Crippen LogP contribution in [0.1, 0.15) is 24.1 Å². The third-order valence-electron chi connectivity index (χ3n) is 4.20. The molecule has 4 rings (SSSR count). The summed E-state index contributed by atoms with van der Waals surface area (Å²) in [5.41, 5.74) is 3.37. The van der Waals surface area contributed by atoms with Crippen LogP contribution in [-0.4, -0.2) is 4.98 Å². The summed E-state index contributed by atoms with van der Waals surface area (Å²) >= 11 is 0. The largest absolute Gasteiger partial charge is 0.465 e. The summed E-state index contributed by atoms with van der Waals surface area (Å²) in [5.74, 6) is 1.84. The Morgan fingerprint density at radius 3 is 2.83 bits per heavy atom. The van der Waals surface area contributed by atoms with Gasteiger partial charge in [-0.05, 0) is 36.3 Å². The van der Waals surface area contributed by atoms with Crippen LogP contribution in [0.2, 0.25) is 0 Å². The second-order valence-electron chi connectivity index (χ2n) is 5.65. The maximum atomic E-state index is 5.58. The molecule has 3 aromatic rings. The SMILES string of the molecule is CCc1cc2ccccc2nc1NC1C=COc2ccccc21. The number of anilines is 1. The van der Waals surface area contributed by atoms with E-state index in [0.717, 1.165) is 29.1 Å². The number of aromatic nitrogens is 1. The topological polar surface area (TPSA) is 34.2 Å². The molecule has 0 aliphatic carbocycles. The van der Waals surface area contributed by atoms with Gasteiger partial charge in [0.05, 0.1) is 17.8 Å². The standard InChI is InChI=1S/C20H18N2O/c1-2-14-13-15-7-3-5-9-17(15)21-20(14)22-18-11-12-23-19-10-6-4-8-16(18)19/h3-13,18H,2H2,1H3,(H,21,22). The Bertz CT molecular complexity index is 886. The Balaban J connectivity index is 1.75. The first-order chi connectivity index (χ1) is 11.3. The highest BCUT2D eigenvalue weighted by atomic mass is 16.5. The molecule has 2 heterocycles. The summed E-state index contributed by atoms with van der Waals surface area (Å²) in [6, 6.07) is 18.6. The number of para-hydroxylation sites is 2. The van der Waals surface area contributed by atoms with Crippen LogP contribution in [0.5, 0.6) is 5.75 Å². The van der Waals surface area contributed by atoms with Crippen LogP contribution in [-0.2, 0) is 6.42 Å². The smallest absolute Gasteiger partial charge is 0.132 e. The van der Waals surface area contributed by atoms with E-state index in [4.69, 9.17) is 9.72 Å². The fraction of sp³-hybridized carbons (Fsp3) is 0.150. The highest BCUT2D eigenvalue weighted by molar-refractivity contribution is 5.81. The van der Waals surface area contributed by atoms with Crippen LogP contribution in [0.15, 0.2) is 66.9 Å². The van der Waals surface area contributed by atoms with Crippen LogP contribution in [0.25, 0.3) is 10.9 Å². The first-order valence-electron chi connectivity index (χ1n) is 7.92. The summed E-state index contributed by atoms with van der Waals surface area (Å²) in [4.78, 5) is 4.83. The van der Waals surface area contributed by atoms with Crippen molar-refractivity contribution in [3.63, 3.8) is 0 Å². The molecule has 0 saturated heterocycles. The average Bonchev–Trinajstić information content (AvgIpc) is 2.61. The minimum absolute atomic E-state index is 0.0684. The van der Waals surface area contributed by atoms with Gasteiger partial charge in [0.1, 0.15) is 11.6 Å². The quantitative estimate of drug-likeness (QED) is 0.750. The summed E-state index contributed by atoms with van der Waals surface area (Å²) in [6.45, 7) is 2.16. The Morgan fingerprint density at radius 1 is 1.09 bits per heavy atom. The first-order valence-corrected chi connectivity index (χ1v) is 7.92. The number of ether oxygens (including phenoxy) is 1. The van der Waals surface area contributed by atoms with Crippen LogP contribution < -0.4 is 10.1 Å². The molecule has 114 valence electrons. The summed E-state index contributed by atoms with van der Waals surface area (Å²) < 4.78 is 5.58. The molecule has 3 heteroatoms. The zero-order valence-corrected chi connectivity index (χ0v) is 13.0. The third-order valence-corrected chi connectivity index (χ3v) is 4.20. The average molecular weight is 302 g/mol. The fourth-order valence-electron chi connectivity index (χ4n) is 2.97. The first kappa shape index (κ1) is 13.8. The Kier molecular flexibility index (Phi) is 3.46. The van der Waals surface area contributed by atoms with Gasteiger partial charge in [-0.15, -0.1) is 0 Å². The molecule has 1 aliphatic heterocycles.